The van der Waals surface area contributed by atoms with Crippen molar-refractivity contribution < 1.29 is 10.2 Å². The molecule has 0 saturated carbocycles. The number of rotatable bonds is 0. The van der Waals surface area contributed by atoms with Crippen LogP contribution in [0.25, 0.3) is 0 Å². The van der Waals surface area contributed by atoms with Crippen molar-refractivity contribution in [2.75, 3.05) is 0 Å². The van der Waals surface area contributed by atoms with Crippen LogP contribution in [0.2, 0.25) is 0 Å². The summed E-state index contributed by atoms with van der Waals surface area (Å²) >= 11 is 12.6. The van der Waals surface area contributed by atoms with Crippen LogP contribution in [-0.4, -0.2) is 19.6 Å². The molecular weight excluding hydrogens is 424 g/mol. The van der Waals surface area contributed by atoms with Crippen LogP contribution < -0.4 is 0 Å². The lowest BCUT2D eigenvalue weighted by Gasteiger charge is -2.28. The number of halogens is 4. The van der Waals surface area contributed by atoms with Gasteiger partial charge in [-0.05, 0) is 37.9 Å². The first-order chi connectivity index (χ1) is 5.36. The summed E-state index contributed by atoms with van der Waals surface area (Å²) in [5.41, 5.74) is 0. The van der Waals surface area contributed by atoms with Gasteiger partial charge in [0.15, 0.2) is 4.51 Å². The molecule has 2 atom stereocenters. The molecule has 0 aliphatic heterocycles. The summed E-state index contributed by atoms with van der Waals surface area (Å²) in [6.45, 7) is 0. The molecule has 0 heterocycles. The monoisotopic (exact) mass is 424 g/mol. The van der Waals surface area contributed by atoms with Crippen molar-refractivity contribution in [1.29, 1.82) is 0 Å². The van der Waals surface area contributed by atoms with E-state index in [2.05, 4.69) is 63.7 Å². The van der Waals surface area contributed by atoms with Gasteiger partial charge >= 0.3 is 0 Å². The highest BCUT2D eigenvalue weighted by Crippen LogP contribution is 2.43. The lowest BCUT2D eigenvalue weighted by atomic mass is 10.1. The Balaban J connectivity index is 3.15. The predicted octanol–water partition coefficient (Wildman–Crippen LogP) is 3.29. The molecule has 2 N–H and O–H groups in total. The van der Waals surface area contributed by atoms with Crippen LogP contribution in [-0.2, 0) is 0 Å². The van der Waals surface area contributed by atoms with E-state index in [0.717, 1.165) is 0 Å². The van der Waals surface area contributed by atoms with Gasteiger partial charge in [0.2, 0.25) is 0 Å². The number of aliphatic hydroxyl groups excluding tert-OH is 1. The third-order valence-corrected chi connectivity index (χ3v) is 5.87. The van der Waals surface area contributed by atoms with Crippen LogP contribution in [0.15, 0.2) is 20.8 Å². The molecule has 0 spiro atoms. The first kappa shape index (κ1) is 11.2. The molecule has 0 fully saturated rings. The Bertz CT molecular complexity index is 269. The largest absolute Gasteiger partial charge is 0.506 e. The van der Waals surface area contributed by atoms with E-state index in [1.807, 2.05) is 0 Å². The summed E-state index contributed by atoms with van der Waals surface area (Å²) in [6.07, 6.45) is 1.46. The molecule has 6 heteroatoms. The van der Waals surface area contributed by atoms with Gasteiger partial charge in [-0.2, -0.15) is 0 Å². The molecule has 0 aromatic rings. The Hall–Kier alpha value is 1.16. The Morgan fingerprint density at radius 3 is 2.42 bits per heavy atom. The molecule has 1 aliphatic rings. The van der Waals surface area contributed by atoms with E-state index >= 15 is 0 Å². The minimum atomic E-state index is -1.18. The molecule has 2 nitrogen and oxygen atoms in total. The van der Waals surface area contributed by atoms with Gasteiger partial charge in [0.1, 0.15) is 5.76 Å². The van der Waals surface area contributed by atoms with Gasteiger partial charge in [-0.1, -0.05) is 31.9 Å². The normalized spacial score (nSPS) is 36.8. The van der Waals surface area contributed by atoms with E-state index in [1.165, 1.54) is 6.08 Å². The second-order valence-electron chi connectivity index (χ2n) is 2.28. The van der Waals surface area contributed by atoms with Crippen molar-refractivity contribution in [3.63, 3.8) is 0 Å². The highest BCUT2D eigenvalue weighted by Gasteiger charge is 2.38. The molecule has 1 rings (SSSR count). The smallest absolute Gasteiger partial charge is 0.156 e. The van der Waals surface area contributed by atoms with Gasteiger partial charge in [0.05, 0.1) is 13.8 Å². The quantitative estimate of drug-likeness (QED) is 0.583. The molecule has 68 valence electrons. The zero-order valence-corrected chi connectivity index (χ0v) is 11.9. The highest BCUT2D eigenvalue weighted by atomic mass is 79.9. The summed E-state index contributed by atoms with van der Waals surface area (Å²) in [4.78, 5) is -0.397. The van der Waals surface area contributed by atoms with Crippen LogP contribution in [0.4, 0.5) is 0 Å². The van der Waals surface area contributed by atoms with E-state index in [-0.39, 0.29) is 5.76 Å². The van der Waals surface area contributed by atoms with Crippen molar-refractivity contribution in [1.82, 2.24) is 0 Å². The van der Waals surface area contributed by atoms with Crippen molar-refractivity contribution in [3.8, 4) is 0 Å². The standard InChI is InChI=1S/C6H4Br4O2/c7-2-1-6(10,12)5(9)3(8)4(2)11/h1,5,11-12H. The molecular formula is C6H4Br4O2. The predicted molar refractivity (Wildman–Crippen MR) is 62.2 cm³/mol. The highest BCUT2D eigenvalue weighted by molar-refractivity contribution is 9.15. The number of allylic oxidation sites excluding steroid dienone is 1. The Morgan fingerprint density at radius 1 is 1.42 bits per heavy atom. The molecule has 2 unspecified atom stereocenters. The summed E-state index contributed by atoms with van der Waals surface area (Å²) in [5, 5.41) is 19.1. The van der Waals surface area contributed by atoms with Crippen molar-refractivity contribution in [3.05, 3.63) is 20.8 Å². The molecule has 0 amide bonds. The average Bonchev–Trinajstić information content (AvgIpc) is 1.97. The number of alkyl halides is 2. The van der Waals surface area contributed by atoms with E-state index in [1.54, 1.807) is 0 Å². The first-order valence-corrected chi connectivity index (χ1v) is 6.18. The van der Waals surface area contributed by atoms with Crippen molar-refractivity contribution in [2.45, 2.75) is 9.34 Å². The van der Waals surface area contributed by atoms with Crippen LogP contribution in [0, 0.1) is 0 Å². The maximum Gasteiger partial charge on any atom is 0.156 e. The topological polar surface area (TPSA) is 40.5 Å². The number of aliphatic hydroxyl groups is 2. The van der Waals surface area contributed by atoms with Gasteiger partial charge in [-0.25, -0.2) is 0 Å². The van der Waals surface area contributed by atoms with Gasteiger partial charge < -0.3 is 10.2 Å². The van der Waals surface area contributed by atoms with Crippen LogP contribution in [0.5, 0.6) is 0 Å². The molecule has 0 bridgehead atoms. The maximum atomic E-state index is 9.69. The maximum absolute atomic E-state index is 9.69. The minimum Gasteiger partial charge on any atom is -0.506 e. The SMILES string of the molecule is OC1=C(Br)C(Br)C(O)(Br)C=C1Br. The second-order valence-corrected chi connectivity index (χ2v) is 6.17. The fourth-order valence-electron chi connectivity index (χ4n) is 0.731. The van der Waals surface area contributed by atoms with E-state index in [4.69, 9.17) is 0 Å². The third-order valence-electron chi connectivity index (χ3n) is 1.36. The second kappa shape index (κ2) is 3.73. The third kappa shape index (κ3) is 1.97. The summed E-state index contributed by atoms with van der Waals surface area (Å²) in [6, 6.07) is 0. The zero-order chi connectivity index (χ0) is 9.52. The van der Waals surface area contributed by atoms with Crippen molar-refractivity contribution in [2.24, 2.45) is 0 Å². The first-order valence-electron chi connectivity index (χ1n) is 2.89. The molecule has 0 radical (unpaired) electrons. The molecule has 0 aromatic heterocycles. The van der Waals surface area contributed by atoms with Crippen LogP contribution in [0.1, 0.15) is 0 Å². The lowest BCUT2D eigenvalue weighted by Crippen LogP contribution is -2.33. The van der Waals surface area contributed by atoms with Crippen LogP contribution in [0.3, 0.4) is 0 Å². The molecule has 1 aliphatic carbocycles. The summed E-state index contributed by atoms with van der Waals surface area (Å²) in [7, 11) is 0. The summed E-state index contributed by atoms with van der Waals surface area (Å²) < 4.78 is -0.239. The zero-order valence-electron chi connectivity index (χ0n) is 5.56. The molecule has 0 aromatic carbocycles. The number of hydrogen-bond donors (Lipinski definition) is 2. The minimum absolute atomic E-state index is 0.0843. The molecule has 0 saturated heterocycles. The van der Waals surface area contributed by atoms with E-state index in [0.29, 0.717) is 8.96 Å². The fraction of sp³-hybridized carbons (Fsp3) is 0.333. The Morgan fingerprint density at radius 2 is 1.92 bits per heavy atom. The average molecular weight is 428 g/mol. The van der Waals surface area contributed by atoms with Gasteiger partial charge in [0.25, 0.3) is 0 Å². The fourth-order valence-corrected chi connectivity index (χ4v) is 3.54. The lowest BCUT2D eigenvalue weighted by molar-refractivity contribution is 0.200. The number of hydrogen-bond acceptors (Lipinski definition) is 2. The Kier molecular flexibility index (Phi) is 3.49. The Labute approximate surface area is 103 Å². The van der Waals surface area contributed by atoms with E-state index < -0.39 is 9.34 Å². The van der Waals surface area contributed by atoms with Crippen molar-refractivity contribution >= 4 is 63.7 Å². The van der Waals surface area contributed by atoms with E-state index in [9.17, 15) is 10.2 Å². The van der Waals surface area contributed by atoms with Gasteiger partial charge in [-0.15, -0.1) is 0 Å². The molecule has 12 heavy (non-hydrogen) atoms. The van der Waals surface area contributed by atoms with Gasteiger partial charge in [-0.3, -0.25) is 0 Å². The van der Waals surface area contributed by atoms with Gasteiger partial charge in [0, 0.05) is 0 Å². The van der Waals surface area contributed by atoms with Crippen LogP contribution >= 0.6 is 63.7 Å². The summed E-state index contributed by atoms with van der Waals surface area (Å²) in [5.74, 6) is 0.0843.